The van der Waals surface area contributed by atoms with Crippen molar-refractivity contribution in [2.45, 2.75) is 19.4 Å². The lowest BCUT2D eigenvalue weighted by Gasteiger charge is -2.16. The van der Waals surface area contributed by atoms with Gasteiger partial charge in [0.05, 0.1) is 26.7 Å². The van der Waals surface area contributed by atoms with Crippen LogP contribution in [0.15, 0.2) is 42.5 Å². The van der Waals surface area contributed by atoms with Crippen LogP contribution in [0.3, 0.4) is 0 Å². The van der Waals surface area contributed by atoms with Gasteiger partial charge in [-0.25, -0.2) is 4.39 Å². The molecule has 0 fully saturated rings. The molecule has 0 bridgehead atoms. The summed E-state index contributed by atoms with van der Waals surface area (Å²) in [5.41, 5.74) is 1.26. The average molecular weight is 317 g/mol. The summed E-state index contributed by atoms with van der Waals surface area (Å²) in [6, 6.07) is 11.5. The molecule has 0 saturated heterocycles. The number of nitrogens with one attached hydrogen (secondary N) is 1. The van der Waals surface area contributed by atoms with E-state index < -0.39 is 0 Å². The summed E-state index contributed by atoms with van der Waals surface area (Å²) in [4.78, 5) is 12.1. The highest BCUT2D eigenvalue weighted by Gasteiger charge is 2.14. The maximum Gasteiger partial charge on any atom is 0.225 e. The van der Waals surface area contributed by atoms with E-state index in [1.54, 1.807) is 38.5 Å². The molecule has 0 aliphatic carbocycles. The van der Waals surface area contributed by atoms with Crippen LogP contribution in [0.5, 0.6) is 11.5 Å². The summed E-state index contributed by atoms with van der Waals surface area (Å²) in [6.45, 7) is 1.86. The fraction of sp³-hybridized carbons (Fsp3) is 0.278. The number of methoxy groups -OCH3 is 2. The van der Waals surface area contributed by atoms with Crippen molar-refractivity contribution >= 4 is 5.91 Å². The van der Waals surface area contributed by atoms with Gasteiger partial charge in [0.2, 0.25) is 5.91 Å². The number of benzene rings is 2. The van der Waals surface area contributed by atoms with Crippen molar-refractivity contribution in [2.75, 3.05) is 14.2 Å². The topological polar surface area (TPSA) is 47.6 Å². The zero-order chi connectivity index (χ0) is 16.8. The number of ether oxygens (including phenoxy) is 2. The van der Waals surface area contributed by atoms with Crippen molar-refractivity contribution in [2.24, 2.45) is 0 Å². The van der Waals surface area contributed by atoms with Gasteiger partial charge in [0.1, 0.15) is 5.82 Å². The lowest BCUT2D eigenvalue weighted by molar-refractivity contribution is -0.121. The summed E-state index contributed by atoms with van der Waals surface area (Å²) in [5.74, 6) is 0.611. The maximum absolute atomic E-state index is 13.6. The summed E-state index contributed by atoms with van der Waals surface area (Å²) < 4.78 is 24.0. The van der Waals surface area contributed by atoms with E-state index in [4.69, 9.17) is 9.47 Å². The highest BCUT2D eigenvalue weighted by Crippen LogP contribution is 2.29. The highest BCUT2D eigenvalue weighted by molar-refractivity contribution is 5.79. The van der Waals surface area contributed by atoms with Crippen LogP contribution < -0.4 is 14.8 Å². The van der Waals surface area contributed by atoms with Crippen LogP contribution in [0.1, 0.15) is 24.1 Å². The Hall–Kier alpha value is -2.56. The molecule has 2 aromatic rings. The van der Waals surface area contributed by atoms with Gasteiger partial charge in [-0.15, -0.1) is 0 Å². The Bertz CT molecular complexity index is 688. The maximum atomic E-state index is 13.6. The number of hydrogen-bond donors (Lipinski definition) is 1. The van der Waals surface area contributed by atoms with E-state index in [1.165, 1.54) is 6.07 Å². The van der Waals surface area contributed by atoms with Gasteiger partial charge >= 0.3 is 0 Å². The monoisotopic (exact) mass is 317 g/mol. The number of carbonyl (C=O) groups excluding carboxylic acids is 1. The van der Waals surface area contributed by atoms with Crippen LogP contribution in [-0.2, 0) is 11.2 Å². The largest absolute Gasteiger partial charge is 0.493 e. The molecule has 5 heteroatoms. The Balaban J connectivity index is 2.05. The van der Waals surface area contributed by atoms with Gasteiger partial charge in [-0.3, -0.25) is 4.79 Å². The Labute approximate surface area is 135 Å². The molecule has 1 N–H and O–H groups in total. The molecule has 0 aromatic heterocycles. The molecule has 122 valence electrons. The van der Waals surface area contributed by atoms with E-state index in [9.17, 15) is 9.18 Å². The third-order valence-electron chi connectivity index (χ3n) is 3.59. The third-order valence-corrected chi connectivity index (χ3v) is 3.59. The number of rotatable bonds is 6. The second-order valence-electron chi connectivity index (χ2n) is 5.17. The standard InChI is InChI=1S/C18H20FNO3/c1-12(13-8-9-16(22-2)17(10-13)23-3)20-18(21)11-14-6-4-5-7-15(14)19/h4-10,12H,11H2,1-3H3,(H,20,21)/t12-/m0/s1. The van der Waals surface area contributed by atoms with Gasteiger partial charge in [-0.2, -0.15) is 0 Å². The van der Waals surface area contributed by atoms with E-state index in [2.05, 4.69) is 5.32 Å². The Kier molecular flexibility index (Phi) is 5.57. The van der Waals surface area contributed by atoms with Crippen LogP contribution in [0.25, 0.3) is 0 Å². The lowest BCUT2D eigenvalue weighted by Crippen LogP contribution is -2.28. The van der Waals surface area contributed by atoms with Crippen molar-refractivity contribution in [1.82, 2.24) is 5.32 Å². The van der Waals surface area contributed by atoms with Crippen LogP contribution in [0, 0.1) is 5.82 Å². The molecule has 0 spiro atoms. The minimum absolute atomic E-state index is 0.00427. The SMILES string of the molecule is COc1ccc([C@H](C)NC(=O)Cc2ccccc2F)cc1OC. The normalized spacial score (nSPS) is 11.7. The fourth-order valence-corrected chi connectivity index (χ4v) is 2.31. The summed E-state index contributed by atoms with van der Waals surface area (Å²) >= 11 is 0. The third kappa shape index (κ3) is 4.22. The van der Waals surface area contributed by atoms with E-state index in [1.807, 2.05) is 19.1 Å². The minimum Gasteiger partial charge on any atom is -0.493 e. The van der Waals surface area contributed by atoms with Crippen LogP contribution in [0.4, 0.5) is 4.39 Å². The summed E-state index contributed by atoms with van der Waals surface area (Å²) in [7, 11) is 3.13. The lowest BCUT2D eigenvalue weighted by atomic mass is 10.1. The second kappa shape index (κ2) is 7.63. The van der Waals surface area contributed by atoms with Crippen molar-refractivity contribution in [1.29, 1.82) is 0 Å². The quantitative estimate of drug-likeness (QED) is 0.889. The molecule has 0 radical (unpaired) electrons. The highest BCUT2D eigenvalue weighted by atomic mass is 19.1. The molecule has 2 rings (SSSR count). The molecular formula is C18H20FNO3. The van der Waals surface area contributed by atoms with Gasteiger partial charge in [0.15, 0.2) is 11.5 Å². The molecule has 4 nitrogen and oxygen atoms in total. The number of halogens is 1. The number of carbonyl (C=O) groups is 1. The number of hydrogen-bond acceptors (Lipinski definition) is 3. The van der Waals surface area contributed by atoms with E-state index in [-0.39, 0.29) is 24.2 Å². The summed E-state index contributed by atoms with van der Waals surface area (Å²) in [5, 5.41) is 2.86. The molecular weight excluding hydrogens is 297 g/mol. The van der Waals surface area contributed by atoms with Gasteiger partial charge < -0.3 is 14.8 Å². The molecule has 0 unspecified atom stereocenters. The minimum atomic E-state index is -0.374. The van der Waals surface area contributed by atoms with Crippen molar-refractivity contribution < 1.29 is 18.7 Å². The molecule has 0 saturated carbocycles. The molecule has 0 aliphatic heterocycles. The van der Waals surface area contributed by atoms with Crippen molar-refractivity contribution in [3.05, 3.63) is 59.4 Å². The predicted octanol–water partition coefficient (Wildman–Crippen LogP) is 3.26. The van der Waals surface area contributed by atoms with Gasteiger partial charge in [0, 0.05) is 0 Å². The van der Waals surface area contributed by atoms with Crippen LogP contribution >= 0.6 is 0 Å². The van der Waals surface area contributed by atoms with E-state index in [0.717, 1.165) is 5.56 Å². The first-order valence-electron chi connectivity index (χ1n) is 7.30. The average Bonchev–Trinajstić information content (AvgIpc) is 2.56. The first kappa shape index (κ1) is 16.8. The molecule has 1 atom stereocenters. The van der Waals surface area contributed by atoms with Gasteiger partial charge in [0.25, 0.3) is 0 Å². The van der Waals surface area contributed by atoms with E-state index >= 15 is 0 Å². The summed E-state index contributed by atoms with van der Waals surface area (Å²) in [6.07, 6.45) is 0.00427. The molecule has 0 aliphatic rings. The first-order valence-corrected chi connectivity index (χ1v) is 7.30. The Morgan fingerprint density at radius 3 is 2.48 bits per heavy atom. The molecule has 1 amide bonds. The zero-order valence-corrected chi connectivity index (χ0v) is 13.4. The molecule has 2 aromatic carbocycles. The van der Waals surface area contributed by atoms with Crippen LogP contribution in [-0.4, -0.2) is 20.1 Å². The Morgan fingerprint density at radius 2 is 1.83 bits per heavy atom. The van der Waals surface area contributed by atoms with Crippen molar-refractivity contribution in [3.63, 3.8) is 0 Å². The predicted molar refractivity (Wildman–Crippen MR) is 86.2 cm³/mol. The first-order chi connectivity index (χ1) is 11.0. The zero-order valence-electron chi connectivity index (χ0n) is 13.4. The second-order valence-corrected chi connectivity index (χ2v) is 5.17. The Morgan fingerprint density at radius 1 is 1.13 bits per heavy atom. The number of amides is 1. The van der Waals surface area contributed by atoms with Crippen LogP contribution in [0.2, 0.25) is 0 Å². The fourth-order valence-electron chi connectivity index (χ4n) is 2.31. The van der Waals surface area contributed by atoms with Gasteiger partial charge in [-0.05, 0) is 36.2 Å². The molecule has 23 heavy (non-hydrogen) atoms. The molecule has 0 heterocycles. The van der Waals surface area contributed by atoms with Crippen molar-refractivity contribution in [3.8, 4) is 11.5 Å². The van der Waals surface area contributed by atoms with E-state index in [0.29, 0.717) is 17.1 Å². The smallest absolute Gasteiger partial charge is 0.225 e. The van der Waals surface area contributed by atoms with Gasteiger partial charge in [-0.1, -0.05) is 24.3 Å².